The topological polar surface area (TPSA) is 177 Å². The first-order chi connectivity index (χ1) is 18.1. The third-order valence-corrected chi connectivity index (χ3v) is 8.13. The minimum atomic E-state index is -2.65. The van der Waals surface area contributed by atoms with Crippen LogP contribution in [-0.2, 0) is 27.3 Å². The minimum absolute atomic E-state index is 0.0527. The van der Waals surface area contributed by atoms with Crippen LogP contribution in [0.15, 0.2) is 23.0 Å². The Balaban J connectivity index is 1.93. The Kier molecular flexibility index (Phi) is 7.30. The molecule has 212 valence electrons. The van der Waals surface area contributed by atoms with Gasteiger partial charge in [0.25, 0.3) is 5.91 Å². The van der Waals surface area contributed by atoms with Crippen molar-refractivity contribution in [2.45, 2.75) is 44.9 Å². The second-order valence-corrected chi connectivity index (χ2v) is 11.6. The quantitative estimate of drug-likeness (QED) is 0.270. The average molecular weight is 543 g/mol. The number of hydrogen-bond donors (Lipinski definition) is 6. The highest BCUT2D eigenvalue weighted by atomic mass is 16.3. The first-order valence-corrected chi connectivity index (χ1v) is 13.0. The fourth-order valence-electron chi connectivity index (χ4n) is 6.38. The van der Waals surface area contributed by atoms with Crippen LogP contribution in [0.2, 0.25) is 0 Å². The van der Waals surface area contributed by atoms with E-state index >= 15 is 0 Å². The van der Waals surface area contributed by atoms with Crippen molar-refractivity contribution >= 4 is 28.9 Å². The predicted molar refractivity (Wildman–Crippen MR) is 145 cm³/mol. The van der Waals surface area contributed by atoms with Gasteiger partial charge in [0, 0.05) is 43.4 Å². The van der Waals surface area contributed by atoms with Crippen molar-refractivity contribution < 1.29 is 34.8 Å². The van der Waals surface area contributed by atoms with Gasteiger partial charge in [0.05, 0.1) is 11.6 Å². The number of carbonyl (C=O) groups excluding carboxylic acids is 3. The summed E-state index contributed by atoms with van der Waals surface area (Å²) in [6, 6.07) is 0.736. The van der Waals surface area contributed by atoms with Gasteiger partial charge in [-0.1, -0.05) is 13.8 Å². The number of aliphatic hydroxyl groups excluding tert-OH is 2. The molecule has 0 radical (unpaired) electrons. The lowest BCUT2D eigenvalue weighted by atomic mass is 9.57. The number of nitrogens with zero attached hydrogens (tertiary/aromatic N) is 2. The van der Waals surface area contributed by atoms with Crippen LogP contribution >= 0.6 is 0 Å². The lowest BCUT2D eigenvalue weighted by molar-refractivity contribution is -0.153. The number of nitrogens with two attached hydrogens (primary N) is 1. The molecule has 7 N–H and O–H groups in total. The Hall–Kier alpha value is -3.41. The van der Waals surface area contributed by atoms with Crippen molar-refractivity contribution in [3.63, 3.8) is 0 Å². The molecule has 1 fully saturated rings. The number of ketones is 2. The lowest BCUT2D eigenvalue weighted by Crippen LogP contribution is -2.65. The van der Waals surface area contributed by atoms with Gasteiger partial charge in [-0.05, 0) is 56.9 Å². The van der Waals surface area contributed by atoms with E-state index < -0.39 is 58.0 Å². The number of aromatic hydroxyl groups is 1. The maximum Gasteiger partial charge on any atom is 0.255 e. The molecule has 1 unspecified atom stereocenters. The number of rotatable bonds is 7. The number of fused-ring (bicyclic) bond motifs is 3. The van der Waals surface area contributed by atoms with E-state index in [4.69, 9.17) is 5.73 Å². The number of likely N-dealkylation sites (N-methyl/N-ethyl adjacent to an activating group) is 1. The highest BCUT2D eigenvalue weighted by Crippen LogP contribution is 2.54. The molecule has 11 nitrogen and oxygen atoms in total. The van der Waals surface area contributed by atoms with Crippen molar-refractivity contribution in [2.75, 3.05) is 39.6 Å². The molecule has 1 amide bonds. The highest BCUT2D eigenvalue weighted by molar-refractivity contribution is 6.24. The van der Waals surface area contributed by atoms with Crippen LogP contribution < -0.4 is 16.0 Å². The van der Waals surface area contributed by atoms with Crippen LogP contribution in [0.1, 0.15) is 37.0 Å². The number of Topliss-reactive ketones (excluding diaryl/α,β-unsaturated/α-hetero) is 2. The van der Waals surface area contributed by atoms with Gasteiger partial charge in [0.15, 0.2) is 11.4 Å². The van der Waals surface area contributed by atoms with Crippen molar-refractivity contribution in [1.29, 1.82) is 0 Å². The van der Waals surface area contributed by atoms with Gasteiger partial charge in [0.1, 0.15) is 22.8 Å². The molecule has 0 saturated heterocycles. The van der Waals surface area contributed by atoms with E-state index in [-0.39, 0.29) is 29.7 Å². The number of amides is 1. The van der Waals surface area contributed by atoms with Crippen LogP contribution in [0.5, 0.6) is 5.75 Å². The first kappa shape index (κ1) is 28.6. The number of phenols is 1. The third kappa shape index (κ3) is 4.29. The molecule has 0 bridgehead atoms. The molecule has 0 heterocycles. The summed E-state index contributed by atoms with van der Waals surface area (Å²) >= 11 is 0. The van der Waals surface area contributed by atoms with Crippen LogP contribution in [-0.4, -0.2) is 89.2 Å². The molecule has 4 rings (SSSR count). The van der Waals surface area contributed by atoms with Crippen molar-refractivity contribution in [3.8, 4) is 5.75 Å². The summed E-state index contributed by atoms with van der Waals surface area (Å²) in [5.41, 5.74) is 3.75. The summed E-state index contributed by atoms with van der Waals surface area (Å²) in [5.74, 6) is -6.15. The summed E-state index contributed by atoms with van der Waals surface area (Å²) < 4.78 is 0. The highest BCUT2D eigenvalue weighted by Gasteiger charge is 2.64. The number of benzene rings is 1. The van der Waals surface area contributed by atoms with Gasteiger partial charge >= 0.3 is 0 Å². The Morgan fingerprint density at radius 2 is 1.82 bits per heavy atom. The Labute approximate surface area is 227 Å². The summed E-state index contributed by atoms with van der Waals surface area (Å²) in [4.78, 5) is 42.7. The summed E-state index contributed by atoms with van der Waals surface area (Å²) in [7, 11) is 6.83. The number of phenolic OH excluding ortho intramolecular Hbond substituents is 1. The monoisotopic (exact) mass is 542 g/mol. The molecule has 4 atom stereocenters. The zero-order valence-electron chi connectivity index (χ0n) is 23.2. The summed E-state index contributed by atoms with van der Waals surface area (Å²) in [6.07, 6.45) is 0.298. The maximum atomic E-state index is 14.0. The average Bonchev–Trinajstić information content (AvgIpc) is 2.81. The van der Waals surface area contributed by atoms with Crippen LogP contribution in [0.3, 0.4) is 0 Å². The standard InChI is InChI=1S/C28H38N4O7/c1-12(2)10-30-11-14-9-17(31(3)4)15-7-13-8-16-21(32(5)6)24(35)20(27(29)38)26(37)28(16,39)25(36)18(13)23(34)19(15)22(14)33/h9,12-13,16,21,30,33-34,37,39H,7-8,10-11H2,1-6H3,(H2,29,38)/t13-,16-,21?,28+/m1/s1. The SMILES string of the molecule is CC(C)CNCc1cc(N(C)C)c2c(c1O)C(O)=C1C(=O)[C@]3(O)C(O)=C(C(N)=O)C(=O)C(N(C)C)[C@H]3C[C@H]1C2. The normalized spacial score (nSPS) is 26.6. The molecule has 1 aromatic carbocycles. The van der Waals surface area contributed by atoms with Crippen molar-refractivity contribution in [3.05, 3.63) is 39.7 Å². The number of carbonyl (C=O) groups is 3. The van der Waals surface area contributed by atoms with Gasteiger partial charge in [-0.3, -0.25) is 19.3 Å². The Morgan fingerprint density at radius 1 is 1.18 bits per heavy atom. The van der Waals surface area contributed by atoms with Crippen molar-refractivity contribution in [2.24, 2.45) is 23.5 Å². The zero-order chi connectivity index (χ0) is 29.1. The van der Waals surface area contributed by atoms with Crippen LogP contribution in [0.25, 0.3) is 5.76 Å². The maximum absolute atomic E-state index is 14.0. The minimum Gasteiger partial charge on any atom is -0.508 e. The fraction of sp³-hybridized carbons (Fsp3) is 0.536. The molecule has 1 aromatic rings. The molecule has 1 saturated carbocycles. The van der Waals surface area contributed by atoms with E-state index in [0.717, 1.165) is 5.69 Å². The molecular formula is C28H38N4O7. The van der Waals surface area contributed by atoms with Gasteiger partial charge in [-0.15, -0.1) is 0 Å². The number of anilines is 1. The van der Waals surface area contributed by atoms with E-state index in [1.54, 1.807) is 14.1 Å². The first-order valence-electron chi connectivity index (χ1n) is 13.0. The molecule has 0 aliphatic heterocycles. The molecule has 11 heteroatoms. The van der Waals surface area contributed by atoms with Crippen LogP contribution in [0.4, 0.5) is 5.69 Å². The molecule has 0 spiro atoms. The van der Waals surface area contributed by atoms with Gasteiger partial charge < -0.3 is 36.4 Å². The summed E-state index contributed by atoms with van der Waals surface area (Å²) in [5, 5.41) is 48.8. The van der Waals surface area contributed by atoms with Crippen LogP contribution in [0, 0.1) is 17.8 Å². The number of primary amides is 1. The van der Waals surface area contributed by atoms with Gasteiger partial charge in [-0.25, -0.2) is 0 Å². The smallest absolute Gasteiger partial charge is 0.255 e. The molecular weight excluding hydrogens is 504 g/mol. The molecule has 3 aliphatic carbocycles. The van der Waals surface area contributed by atoms with Gasteiger partial charge in [0.2, 0.25) is 5.78 Å². The number of nitrogens with one attached hydrogen (secondary N) is 1. The largest absolute Gasteiger partial charge is 0.508 e. The predicted octanol–water partition coefficient (Wildman–Crippen LogP) is 0.776. The lowest BCUT2D eigenvalue weighted by Gasteiger charge is -2.50. The molecule has 0 aromatic heterocycles. The second kappa shape index (κ2) is 9.96. The Bertz CT molecular complexity index is 1310. The van der Waals surface area contributed by atoms with E-state index in [0.29, 0.717) is 30.1 Å². The van der Waals surface area contributed by atoms with E-state index in [9.17, 15) is 34.8 Å². The second-order valence-electron chi connectivity index (χ2n) is 11.6. The fourth-order valence-corrected chi connectivity index (χ4v) is 6.38. The van der Waals surface area contributed by atoms with E-state index in [2.05, 4.69) is 19.2 Å². The third-order valence-electron chi connectivity index (χ3n) is 8.13. The Morgan fingerprint density at radius 3 is 2.36 bits per heavy atom. The number of hydrogen-bond acceptors (Lipinski definition) is 10. The van der Waals surface area contributed by atoms with E-state index in [1.807, 2.05) is 25.1 Å². The molecule has 39 heavy (non-hydrogen) atoms. The zero-order valence-corrected chi connectivity index (χ0v) is 23.2. The number of aliphatic hydroxyl groups is 3. The van der Waals surface area contributed by atoms with Gasteiger partial charge in [-0.2, -0.15) is 0 Å². The van der Waals surface area contributed by atoms with E-state index in [1.165, 1.54) is 4.90 Å². The van der Waals surface area contributed by atoms with Crippen molar-refractivity contribution in [1.82, 2.24) is 10.2 Å². The summed E-state index contributed by atoms with van der Waals surface area (Å²) in [6.45, 7) is 5.14. The molecule has 3 aliphatic rings.